The summed E-state index contributed by atoms with van der Waals surface area (Å²) < 4.78 is 0. The van der Waals surface area contributed by atoms with E-state index in [2.05, 4.69) is 17.1 Å². The number of phenols is 2. The molecule has 2 rings (SSSR count). The van der Waals surface area contributed by atoms with Crippen molar-refractivity contribution in [3.8, 4) is 11.5 Å². The fourth-order valence-corrected chi connectivity index (χ4v) is 3.18. The van der Waals surface area contributed by atoms with Crippen LogP contribution >= 0.6 is 0 Å². The third-order valence-corrected chi connectivity index (χ3v) is 4.51. The second kappa shape index (κ2) is 7.66. The van der Waals surface area contributed by atoms with Gasteiger partial charge in [-0.3, -0.25) is 0 Å². The number of phenolic OH excluding ortho intramolecular Hbond substituents is 2. The maximum atomic E-state index is 9.85. The molecule has 1 heterocycles. The number of benzene rings is 1. The van der Waals surface area contributed by atoms with Crippen molar-refractivity contribution in [1.82, 2.24) is 10.2 Å². The zero-order chi connectivity index (χ0) is 15.2. The van der Waals surface area contributed by atoms with E-state index in [-0.39, 0.29) is 17.5 Å². The van der Waals surface area contributed by atoms with Gasteiger partial charge >= 0.3 is 0 Å². The van der Waals surface area contributed by atoms with E-state index in [1.807, 2.05) is 6.92 Å². The molecule has 1 aliphatic rings. The number of aromatic hydroxyl groups is 2. The summed E-state index contributed by atoms with van der Waals surface area (Å²) in [5, 5.41) is 23.1. The molecule has 1 aromatic carbocycles. The number of rotatable bonds is 6. The Labute approximate surface area is 127 Å². The summed E-state index contributed by atoms with van der Waals surface area (Å²) in [4.78, 5) is 2.56. The number of likely N-dealkylation sites (tertiary alicyclic amines) is 1. The minimum atomic E-state index is -0.0509. The van der Waals surface area contributed by atoms with Crippen LogP contribution in [0.5, 0.6) is 11.5 Å². The number of nitrogens with one attached hydrogen (secondary N) is 1. The summed E-state index contributed by atoms with van der Waals surface area (Å²) in [6.45, 7) is 7.51. The highest BCUT2D eigenvalue weighted by Gasteiger charge is 2.18. The summed E-state index contributed by atoms with van der Waals surface area (Å²) in [5.41, 5.74) is 0.587. The van der Waals surface area contributed by atoms with Gasteiger partial charge in [-0.15, -0.1) is 0 Å². The molecule has 0 amide bonds. The van der Waals surface area contributed by atoms with Crippen LogP contribution in [0.1, 0.15) is 51.1 Å². The van der Waals surface area contributed by atoms with E-state index < -0.39 is 0 Å². The van der Waals surface area contributed by atoms with Crippen molar-refractivity contribution in [3.05, 3.63) is 23.8 Å². The smallest absolute Gasteiger partial charge is 0.124 e. The molecular formula is C17H28N2O2. The number of nitrogens with zero attached hydrogens (tertiary/aromatic N) is 1. The van der Waals surface area contributed by atoms with Gasteiger partial charge in [-0.25, -0.2) is 0 Å². The van der Waals surface area contributed by atoms with Crippen molar-refractivity contribution in [1.29, 1.82) is 0 Å². The lowest BCUT2D eigenvalue weighted by molar-refractivity contribution is 0.158. The SMILES string of the molecule is CC(NCCCN1CCCCC1C)c1c(O)cccc1O. The zero-order valence-electron chi connectivity index (χ0n) is 13.2. The van der Waals surface area contributed by atoms with E-state index in [1.165, 1.54) is 25.8 Å². The van der Waals surface area contributed by atoms with E-state index in [4.69, 9.17) is 0 Å². The van der Waals surface area contributed by atoms with Gasteiger partial charge in [0.05, 0.1) is 5.56 Å². The van der Waals surface area contributed by atoms with Crippen LogP contribution in [0.3, 0.4) is 0 Å². The lowest BCUT2D eigenvalue weighted by atomic mass is 10.0. The number of hydrogen-bond acceptors (Lipinski definition) is 4. The number of hydrogen-bond donors (Lipinski definition) is 3. The Morgan fingerprint density at radius 3 is 2.67 bits per heavy atom. The lowest BCUT2D eigenvalue weighted by Gasteiger charge is -2.33. The van der Waals surface area contributed by atoms with Crippen LogP contribution in [0.15, 0.2) is 18.2 Å². The van der Waals surface area contributed by atoms with Crippen LogP contribution in [-0.2, 0) is 0 Å². The van der Waals surface area contributed by atoms with Gasteiger partial charge in [0, 0.05) is 12.1 Å². The van der Waals surface area contributed by atoms with Crippen molar-refractivity contribution >= 4 is 0 Å². The topological polar surface area (TPSA) is 55.7 Å². The summed E-state index contributed by atoms with van der Waals surface area (Å²) in [6.07, 6.45) is 5.08. The van der Waals surface area contributed by atoms with Crippen molar-refractivity contribution in [2.75, 3.05) is 19.6 Å². The Morgan fingerprint density at radius 2 is 2.00 bits per heavy atom. The predicted molar refractivity (Wildman–Crippen MR) is 85.7 cm³/mol. The minimum Gasteiger partial charge on any atom is -0.507 e. The van der Waals surface area contributed by atoms with Gasteiger partial charge in [0.2, 0.25) is 0 Å². The van der Waals surface area contributed by atoms with Crippen LogP contribution in [-0.4, -0.2) is 40.8 Å². The quantitative estimate of drug-likeness (QED) is 0.706. The molecule has 0 aliphatic carbocycles. The van der Waals surface area contributed by atoms with Crippen LogP contribution in [0, 0.1) is 0 Å². The molecule has 0 spiro atoms. The first-order valence-corrected chi connectivity index (χ1v) is 8.08. The summed E-state index contributed by atoms with van der Waals surface area (Å²) in [5.74, 6) is 0.305. The normalized spacial score (nSPS) is 21.3. The summed E-state index contributed by atoms with van der Waals surface area (Å²) >= 11 is 0. The third-order valence-electron chi connectivity index (χ3n) is 4.51. The van der Waals surface area contributed by atoms with Crippen LogP contribution in [0.4, 0.5) is 0 Å². The maximum Gasteiger partial charge on any atom is 0.124 e. The molecule has 1 aromatic rings. The molecule has 0 radical (unpaired) electrons. The molecule has 3 N–H and O–H groups in total. The first kappa shape index (κ1) is 16.1. The molecule has 1 aliphatic heterocycles. The molecule has 1 fully saturated rings. The van der Waals surface area contributed by atoms with Crippen LogP contribution in [0.2, 0.25) is 0 Å². The largest absolute Gasteiger partial charge is 0.507 e. The molecule has 21 heavy (non-hydrogen) atoms. The Hall–Kier alpha value is -1.26. The molecule has 2 atom stereocenters. The second-order valence-corrected chi connectivity index (χ2v) is 6.12. The molecule has 4 heteroatoms. The van der Waals surface area contributed by atoms with Crippen LogP contribution < -0.4 is 5.32 Å². The van der Waals surface area contributed by atoms with E-state index in [1.54, 1.807) is 18.2 Å². The van der Waals surface area contributed by atoms with E-state index >= 15 is 0 Å². The van der Waals surface area contributed by atoms with E-state index in [0.29, 0.717) is 11.6 Å². The van der Waals surface area contributed by atoms with Gasteiger partial charge in [0.1, 0.15) is 11.5 Å². The van der Waals surface area contributed by atoms with Gasteiger partial charge in [-0.2, -0.15) is 0 Å². The van der Waals surface area contributed by atoms with Gasteiger partial charge in [-0.1, -0.05) is 12.5 Å². The Morgan fingerprint density at radius 1 is 1.29 bits per heavy atom. The first-order valence-electron chi connectivity index (χ1n) is 8.08. The maximum absolute atomic E-state index is 9.85. The Balaban J connectivity index is 1.75. The Kier molecular flexibility index (Phi) is 5.88. The van der Waals surface area contributed by atoms with E-state index in [9.17, 15) is 10.2 Å². The monoisotopic (exact) mass is 292 g/mol. The molecule has 0 aromatic heterocycles. The lowest BCUT2D eigenvalue weighted by Crippen LogP contribution is -2.39. The average Bonchev–Trinajstić information content (AvgIpc) is 2.45. The standard InChI is InChI=1S/C17H28N2O2/c1-13-7-3-4-11-19(13)12-6-10-18-14(2)17-15(20)8-5-9-16(17)21/h5,8-9,13-14,18,20-21H,3-4,6-7,10-12H2,1-2H3. The zero-order valence-corrected chi connectivity index (χ0v) is 13.2. The van der Waals surface area contributed by atoms with Gasteiger partial charge < -0.3 is 20.4 Å². The van der Waals surface area contributed by atoms with Crippen molar-refractivity contribution in [2.45, 2.75) is 51.6 Å². The number of piperidine rings is 1. The average molecular weight is 292 g/mol. The minimum absolute atomic E-state index is 0.0509. The molecule has 0 saturated carbocycles. The second-order valence-electron chi connectivity index (χ2n) is 6.12. The molecule has 4 nitrogen and oxygen atoms in total. The fraction of sp³-hybridized carbons (Fsp3) is 0.647. The van der Waals surface area contributed by atoms with Crippen LogP contribution in [0.25, 0.3) is 0 Å². The van der Waals surface area contributed by atoms with Crippen molar-refractivity contribution in [2.24, 2.45) is 0 Å². The molecule has 1 saturated heterocycles. The third kappa shape index (κ3) is 4.35. The molecular weight excluding hydrogens is 264 g/mol. The fourth-order valence-electron chi connectivity index (χ4n) is 3.18. The highest BCUT2D eigenvalue weighted by atomic mass is 16.3. The highest BCUT2D eigenvalue weighted by Crippen LogP contribution is 2.32. The molecule has 2 unspecified atom stereocenters. The molecule has 0 bridgehead atoms. The molecule has 118 valence electrons. The van der Waals surface area contributed by atoms with Gasteiger partial charge in [0.15, 0.2) is 0 Å². The van der Waals surface area contributed by atoms with Crippen molar-refractivity contribution < 1.29 is 10.2 Å². The van der Waals surface area contributed by atoms with Gasteiger partial charge in [0.25, 0.3) is 0 Å². The summed E-state index contributed by atoms with van der Waals surface area (Å²) in [7, 11) is 0. The van der Waals surface area contributed by atoms with Crippen molar-refractivity contribution in [3.63, 3.8) is 0 Å². The van der Waals surface area contributed by atoms with E-state index in [0.717, 1.165) is 19.5 Å². The first-order chi connectivity index (χ1) is 10.1. The Bertz CT molecular complexity index is 430. The summed E-state index contributed by atoms with van der Waals surface area (Å²) in [6, 6.07) is 5.53. The predicted octanol–water partition coefficient (Wildman–Crippen LogP) is 3.01. The van der Waals surface area contributed by atoms with Gasteiger partial charge in [-0.05, 0) is 64.9 Å². The highest BCUT2D eigenvalue weighted by molar-refractivity contribution is 5.44.